The second-order valence-electron chi connectivity index (χ2n) is 5.66. The van der Waals surface area contributed by atoms with E-state index in [9.17, 15) is 0 Å². The van der Waals surface area contributed by atoms with Gasteiger partial charge >= 0.3 is 0 Å². The Bertz CT molecular complexity index is 344. The molecule has 0 bridgehead atoms. The van der Waals surface area contributed by atoms with E-state index in [0.717, 1.165) is 5.75 Å². The molecule has 1 aromatic carbocycles. The highest BCUT2D eigenvalue weighted by Gasteiger charge is 2.00. The van der Waals surface area contributed by atoms with Crippen molar-refractivity contribution < 1.29 is 0 Å². The lowest BCUT2D eigenvalue weighted by atomic mass is 9.98. The number of thiol groups is 1. The Morgan fingerprint density at radius 2 is 1.37 bits per heavy atom. The van der Waals surface area contributed by atoms with E-state index < -0.39 is 0 Å². The summed E-state index contributed by atoms with van der Waals surface area (Å²) in [6.07, 6.45) is 12.3. The van der Waals surface area contributed by atoms with Crippen LogP contribution in [0.2, 0.25) is 0 Å². The molecule has 0 aliphatic heterocycles. The van der Waals surface area contributed by atoms with Crippen LogP contribution in [0.25, 0.3) is 0 Å². The molecule has 0 nitrogen and oxygen atoms in total. The highest BCUT2D eigenvalue weighted by Crippen LogP contribution is 2.16. The summed E-state index contributed by atoms with van der Waals surface area (Å²) < 4.78 is 0. The summed E-state index contributed by atoms with van der Waals surface area (Å²) in [7, 11) is 0. The van der Waals surface area contributed by atoms with Gasteiger partial charge in [-0.05, 0) is 55.6 Å². The molecular weight excluding hydrogens is 248 g/mol. The molecular formula is C18H30S. The van der Waals surface area contributed by atoms with Crippen LogP contribution in [0.4, 0.5) is 0 Å². The lowest BCUT2D eigenvalue weighted by molar-refractivity contribution is 0.576. The van der Waals surface area contributed by atoms with Crippen molar-refractivity contribution in [2.75, 3.05) is 5.75 Å². The van der Waals surface area contributed by atoms with Gasteiger partial charge in [0.15, 0.2) is 0 Å². The first-order valence-electron chi connectivity index (χ1n) is 7.91. The van der Waals surface area contributed by atoms with E-state index in [4.69, 9.17) is 0 Å². The molecule has 0 fully saturated rings. The predicted molar refractivity (Wildman–Crippen MR) is 90.4 cm³/mol. The minimum absolute atomic E-state index is 1.05. The molecule has 0 spiro atoms. The van der Waals surface area contributed by atoms with E-state index in [0.29, 0.717) is 0 Å². The Morgan fingerprint density at radius 1 is 0.789 bits per heavy atom. The fourth-order valence-electron chi connectivity index (χ4n) is 2.57. The Labute approximate surface area is 125 Å². The fourth-order valence-corrected chi connectivity index (χ4v) is 2.79. The van der Waals surface area contributed by atoms with Crippen LogP contribution in [-0.4, -0.2) is 5.75 Å². The van der Waals surface area contributed by atoms with Gasteiger partial charge in [-0.25, -0.2) is 0 Å². The van der Waals surface area contributed by atoms with Crippen molar-refractivity contribution in [3.8, 4) is 0 Å². The van der Waals surface area contributed by atoms with E-state index in [2.05, 4.69) is 44.7 Å². The van der Waals surface area contributed by atoms with Crippen LogP contribution < -0.4 is 0 Å². The van der Waals surface area contributed by atoms with Crippen molar-refractivity contribution in [1.82, 2.24) is 0 Å². The monoisotopic (exact) mass is 278 g/mol. The SMILES string of the molecule is Cc1cccc(CCCCCCCCCCS)c1C. The molecule has 0 radical (unpaired) electrons. The summed E-state index contributed by atoms with van der Waals surface area (Å²) >= 11 is 4.24. The number of hydrogen-bond donors (Lipinski definition) is 1. The van der Waals surface area contributed by atoms with Crippen LogP contribution in [-0.2, 0) is 6.42 Å². The molecule has 0 saturated carbocycles. The predicted octanol–water partition coefficient (Wildman–Crippen LogP) is 5.90. The second-order valence-corrected chi connectivity index (χ2v) is 6.11. The first kappa shape index (κ1) is 16.6. The van der Waals surface area contributed by atoms with Gasteiger partial charge in [-0.15, -0.1) is 0 Å². The van der Waals surface area contributed by atoms with Gasteiger partial charge < -0.3 is 0 Å². The van der Waals surface area contributed by atoms with E-state index in [-0.39, 0.29) is 0 Å². The zero-order valence-electron chi connectivity index (χ0n) is 12.8. The van der Waals surface area contributed by atoms with Gasteiger partial charge in [-0.3, -0.25) is 0 Å². The number of benzene rings is 1. The third-order valence-corrected chi connectivity index (χ3v) is 4.39. The van der Waals surface area contributed by atoms with Gasteiger partial charge in [0.05, 0.1) is 0 Å². The van der Waals surface area contributed by atoms with Crippen LogP contribution in [0.5, 0.6) is 0 Å². The standard InChI is InChI=1S/C18H30S/c1-16-12-11-14-18(17(16)2)13-9-7-5-3-4-6-8-10-15-19/h11-12,14,19H,3-10,13,15H2,1-2H3. The summed E-state index contributed by atoms with van der Waals surface area (Å²) in [5.74, 6) is 1.05. The first-order valence-corrected chi connectivity index (χ1v) is 8.55. The van der Waals surface area contributed by atoms with Crippen LogP contribution in [0, 0.1) is 13.8 Å². The first-order chi connectivity index (χ1) is 9.25. The molecule has 0 aliphatic carbocycles. The molecule has 0 aliphatic rings. The molecule has 0 unspecified atom stereocenters. The molecule has 0 N–H and O–H groups in total. The van der Waals surface area contributed by atoms with E-state index >= 15 is 0 Å². The van der Waals surface area contributed by atoms with Gasteiger partial charge in [-0.2, -0.15) is 12.6 Å². The van der Waals surface area contributed by atoms with Gasteiger partial charge in [-0.1, -0.05) is 56.7 Å². The third kappa shape index (κ3) is 7.06. The fraction of sp³-hybridized carbons (Fsp3) is 0.667. The average molecular weight is 279 g/mol. The molecule has 0 saturated heterocycles. The van der Waals surface area contributed by atoms with Crippen molar-refractivity contribution in [1.29, 1.82) is 0 Å². The number of unbranched alkanes of at least 4 members (excludes halogenated alkanes) is 7. The maximum Gasteiger partial charge on any atom is -0.00979 e. The number of rotatable bonds is 10. The Balaban J connectivity index is 2.03. The largest absolute Gasteiger partial charge is 0.179 e. The normalized spacial score (nSPS) is 10.9. The number of aryl methyl sites for hydroxylation is 2. The van der Waals surface area contributed by atoms with Crippen LogP contribution >= 0.6 is 12.6 Å². The van der Waals surface area contributed by atoms with Crippen LogP contribution in [0.1, 0.15) is 68.1 Å². The van der Waals surface area contributed by atoms with Crippen LogP contribution in [0.3, 0.4) is 0 Å². The lowest BCUT2D eigenvalue weighted by Crippen LogP contribution is -1.92. The van der Waals surface area contributed by atoms with Gasteiger partial charge in [0.1, 0.15) is 0 Å². The molecule has 19 heavy (non-hydrogen) atoms. The molecule has 0 aromatic heterocycles. The Morgan fingerprint density at radius 3 is 2.00 bits per heavy atom. The van der Waals surface area contributed by atoms with E-state index in [1.807, 2.05) is 0 Å². The topological polar surface area (TPSA) is 0 Å². The molecule has 1 aromatic rings. The Kier molecular flexibility index (Phi) is 9.07. The smallest absolute Gasteiger partial charge is 0.00979 e. The molecule has 1 heteroatoms. The van der Waals surface area contributed by atoms with Crippen molar-refractivity contribution >= 4 is 12.6 Å². The second kappa shape index (κ2) is 10.4. The average Bonchev–Trinajstić information content (AvgIpc) is 2.41. The van der Waals surface area contributed by atoms with Crippen molar-refractivity contribution in [3.63, 3.8) is 0 Å². The summed E-state index contributed by atoms with van der Waals surface area (Å²) in [4.78, 5) is 0. The zero-order valence-corrected chi connectivity index (χ0v) is 13.6. The molecule has 0 amide bonds. The highest BCUT2D eigenvalue weighted by atomic mass is 32.1. The molecule has 108 valence electrons. The minimum Gasteiger partial charge on any atom is -0.179 e. The van der Waals surface area contributed by atoms with Gasteiger partial charge in [0.2, 0.25) is 0 Å². The molecule has 0 heterocycles. The van der Waals surface area contributed by atoms with E-state index in [1.54, 1.807) is 5.56 Å². The summed E-state index contributed by atoms with van der Waals surface area (Å²) in [5, 5.41) is 0. The summed E-state index contributed by atoms with van der Waals surface area (Å²) in [5.41, 5.74) is 4.48. The van der Waals surface area contributed by atoms with Crippen molar-refractivity contribution in [3.05, 3.63) is 34.9 Å². The van der Waals surface area contributed by atoms with Gasteiger partial charge in [0.25, 0.3) is 0 Å². The summed E-state index contributed by atoms with van der Waals surface area (Å²) in [6.45, 7) is 4.47. The molecule has 0 atom stereocenters. The maximum absolute atomic E-state index is 4.24. The molecule has 1 rings (SSSR count). The minimum atomic E-state index is 1.05. The van der Waals surface area contributed by atoms with Gasteiger partial charge in [0, 0.05) is 0 Å². The van der Waals surface area contributed by atoms with E-state index in [1.165, 1.54) is 68.9 Å². The number of hydrogen-bond acceptors (Lipinski definition) is 1. The highest BCUT2D eigenvalue weighted by molar-refractivity contribution is 7.80. The lowest BCUT2D eigenvalue weighted by Gasteiger charge is -2.08. The maximum atomic E-state index is 4.24. The van der Waals surface area contributed by atoms with Crippen molar-refractivity contribution in [2.45, 2.75) is 71.6 Å². The zero-order chi connectivity index (χ0) is 13.9. The Hall–Kier alpha value is -0.430. The van der Waals surface area contributed by atoms with Crippen LogP contribution in [0.15, 0.2) is 18.2 Å². The quantitative estimate of drug-likeness (QED) is 0.400. The van der Waals surface area contributed by atoms with Crippen molar-refractivity contribution in [2.24, 2.45) is 0 Å². The third-order valence-electron chi connectivity index (χ3n) is 4.07. The summed E-state index contributed by atoms with van der Waals surface area (Å²) in [6, 6.07) is 6.70.